The molecular weight excluding hydrogens is 236 g/mol. The molecule has 0 fully saturated rings. The Hall–Kier alpha value is -1.91. The number of hydrogen-bond donors (Lipinski definition) is 1. The summed E-state index contributed by atoms with van der Waals surface area (Å²) in [6.45, 7) is 4.63. The minimum Gasteiger partial charge on any atom is -0.375 e. The molecule has 0 aliphatic rings. The van der Waals surface area contributed by atoms with Crippen LogP contribution in [0.25, 0.3) is 0 Å². The fourth-order valence-corrected chi connectivity index (χ4v) is 1.79. The Labute approximate surface area is 104 Å². The molecule has 18 heavy (non-hydrogen) atoms. The molecule has 0 unspecified atom stereocenters. The first kappa shape index (κ1) is 12.5. The Morgan fingerprint density at radius 1 is 1.28 bits per heavy atom. The minimum atomic E-state index is -0.583. The van der Waals surface area contributed by atoms with Gasteiger partial charge in [-0.2, -0.15) is 5.10 Å². The quantitative estimate of drug-likeness (QED) is 0.904. The highest BCUT2D eigenvalue weighted by Crippen LogP contribution is 2.22. The lowest BCUT2D eigenvalue weighted by Crippen LogP contribution is -2.10. The number of hydrogen-bond acceptors (Lipinski definition) is 2. The highest BCUT2D eigenvalue weighted by molar-refractivity contribution is 5.49. The van der Waals surface area contributed by atoms with E-state index in [4.69, 9.17) is 0 Å². The molecule has 0 radical (unpaired) electrons. The predicted molar refractivity (Wildman–Crippen MR) is 66.3 cm³/mol. The Morgan fingerprint density at radius 3 is 2.78 bits per heavy atom. The molecule has 1 aromatic carbocycles. The van der Waals surface area contributed by atoms with Crippen molar-refractivity contribution in [1.29, 1.82) is 0 Å². The molecule has 2 aromatic rings. The summed E-state index contributed by atoms with van der Waals surface area (Å²) in [6, 6.07) is 4.51. The van der Waals surface area contributed by atoms with E-state index in [1.54, 1.807) is 17.8 Å². The van der Waals surface area contributed by atoms with Gasteiger partial charge in [0.05, 0.1) is 12.2 Å². The summed E-state index contributed by atoms with van der Waals surface area (Å²) in [5.41, 5.74) is 1.22. The largest absolute Gasteiger partial charge is 0.375 e. The van der Waals surface area contributed by atoms with Crippen molar-refractivity contribution in [2.45, 2.75) is 26.9 Å². The zero-order chi connectivity index (χ0) is 13.1. The van der Waals surface area contributed by atoms with Crippen molar-refractivity contribution in [3.63, 3.8) is 0 Å². The normalized spacial score (nSPS) is 10.7. The van der Waals surface area contributed by atoms with E-state index in [0.29, 0.717) is 12.1 Å². The monoisotopic (exact) mass is 251 g/mol. The number of anilines is 1. The van der Waals surface area contributed by atoms with Crippen molar-refractivity contribution in [3.8, 4) is 0 Å². The summed E-state index contributed by atoms with van der Waals surface area (Å²) in [5, 5.41) is 6.89. The molecular formula is C13H15F2N3. The number of halogens is 2. The minimum absolute atomic E-state index is 0.0844. The Morgan fingerprint density at radius 2 is 2.06 bits per heavy atom. The first-order valence-electron chi connectivity index (χ1n) is 5.82. The SMILES string of the molecule is CCn1nccc1CNc1c(F)ccc(C)c1F. The highest BCUT2D eigenvalue weighted by atomic mass is 19.1. The topological polar surface area (TPSA) is 29.9 Å². The van der Waals surface area contributed by atoms with E-state index in [1.165, 1.54) is 12.1 Å². The molecule has 0 bridgehead atoms. The van der Waals surface area contributed by atoms with E-state index in [0.717, 1.165) is 12.2 Å². The number of nitrogens with zero attached hydrogens (tertiary/aromatic N) is 2. The average Bonchev–Trinajstić information content (AvgIpc) is 2.81. The van der Waals surface area contributed by atoms with Gasteiger partial charge < -0.3 is 5.32 Å². The lowest BCUT2D eigenvalue weighted by molar-refractivity contribution is 0.579. The third-order valence-corrected chi connectivity index (χ3v) is 2.83. The molecule has 2 rings (SSSR count). The van der Waals surface area contributed by atoms with E-state index in [2.05, 4.69) is 10.4 Å². The summed E-state index contributed by atoms with van der Waals surface area (Å²) >= 11 is 0. The molecule has 5 heteroatoms. The lowest BCUT2D eigenvalue weighted by Gasteiger charge is -2.11. The number of aromatic nitrogens is 2. The van der Waals surface area contributed by atoms with Crippen LogP contribution in [-0.4, -0.2) is 9.78 Å². The van der Waals surface area contributed by atoms with Crippen LogP contribution in [0.3, 0.4) is 0 Å². The second-order valence-corrected chi connectivity index (χ2v) is 4.05. The molecule has 0 saturated carbocycles. The maximum absolute atomic E-state index is 13.7. The molecule has 0 aliphatic heterocycles. The van der Waals surface area contributed by atoms with E-state index >= 15 is 0 Å². The second kappa shape index (κ2) is 5.16. The van der Waals surface area contributed by atoms with Crippen LogP contribution in [0.4, 0.5) is 14.5 Å². The first-order valence-corrected chi connectivity index (χ1v) is 5.82. The van der Waals surface area contributed by atoms with Crippen LogP contribution < -0.4 is 5.32 Å². The molecule has 0 atom stereocenters. The smallest absolute Gasteiger partial charge is 0.152 e. The Bertz CT molecular complexity index is 549. The van der Waals surface area contributed by atoms with Gasteiger partial charge in [-0.1, -0.05) is 6.07 Å². The predicted octanol–water partition coefficient (Wildman–Crippen LogP) is 3.10. The van der Waals surface area contributed by atoms with Crippen LogP contribution >= 0.6 is 0 Å². The van der Waals surface area contributed by atoms with Crippen LogP contribution in [0.2, 0.25) is 0 Å². The molecule has 0 spiro atoms. The molecule has 1 aromatic heterocycles. The van der Waals surface area contributed by atoms with Gasteiger partial charge in [0.25, 0.3) is 0 Å². The van der Waals surface area contributed by atoms with Crippen LogP contribution in [0, 0.1) is 18.6 Å². The zero-order valence-electron chi connectivity index (χ0n) is 10.4. The van der Waals surface area contributed by atoms with Gasteiger partial charge in [-0.25, -0.2) is 8.78 Å². The van der Waals surface area contributed by atoms with Crippen molar-refractivity contribution in [2.24, 2.45) is 0 Å². The molecule has 0 aliphatic carbocycles. The average molecular weight is 251 g/mol. The lowest BCUT2D eigenvalue weighted by atomic mass is 10.2. The number of aryl methyl sites for hydroxylation is 2. The summed E-state index contributed by atoms with van der Waals surface area (Å²) in [6.07, 6.45) is 1.67. The van der Waals surface area contributed by atoms with E-state index < -0.39 is 11.6 Å². The molecule has 96 valence electrons. The van der Waals surface area contributed by atoms with E-state index in [-0.39, 0.29) is 5.69 Å². The molecule has 3 nitrogen and oxygen atoms in total. The third-order valence-electron chi connectivity index (χ3n) is 2.83. The van der Waals surface area contributed by atoms with Gasteiger partial charge in [0.1, 0.15) is 11.5 Å². The number of nitrogens with one attached hydrogen (secondary N) is 1. The van der Waals surface area contributed by atoms with Crippen LogP contribution in [-0.2, 0) is 13.1 Å². The van der Waals surface area contributed by atoms with E-state index in [1.807, 2.05) is 13.0 Å². The maximum atomic E-state index is 13.7. The summed E-state index contributed by atoms with van der Waals surface area (Å²) in [7, 11) is 0. The van der Waals surface area contributed by atoms with Gasteiger partial charge in [0, 0.05) is 12.7 Å². The number of benzene rings is 1. The van der Waals surface area contributed by atoms with Gasteiger partial charge >= 0.3 is 0 Å². The summed E-state index contributed by atoms with van der Waals surface area (Å²) in [5.74, 6) is -1.13. The van der Waals surface area contributed by atoms with Crippen molar-refractivity contribution >= 4 is 5.69 Å². The van der Waals surface area contributed by atoms with Crippen molar-refractivity contribution in [2.75, 3.05) is 5.32 Å². The molecule has 1 N–H and O–H groups in total. The first-order chi connectivity index (χ1) is 8.63. The molecule has 0 saturated heterocycles. The Balaban J connectivity index is 2.18. The van der Waals surface area contributed by atoms with Crippen LogP contribution in [0.15, 0.2) is 24.4 Å². The number of rotatable bonds is 4. The molecule has 0 amide bonds. The van der Waals surface area contributed by atoms with E-state index in [9.17, 15) is 8.78 Å². The molecule has 1 heterocycles. The standard InChI is InChI=1S/C13H15F2N3/c1-3-18-10(6-7-17-18)8-16-13-11(14)5-4-9(2)12(13)15/h4-7,16H,3,8H2,1-2H3. The summed E-state index contributed by atoms with van der Waals surface area (Å²) in [4.78, 5) is 0. The Kier molecular flexibility index (Phi) is 3.60. The van der Waals surface area contributed by atoms with Crippen LogP contribution in [0.5, 0.6) is 0 Å². The van der Waals surface area contributed by atoms with Gasteiger partial charge in [0.2, 0.25) is 0 Å². The van der Waals surface area contributed by atoms with Gasteiger partial charge in [0.15, 0.2) is 5.82 Å². The third kappa shape index (κ3) is 2.34. The van der Waals surface area contributed by atoms with Crippen molar-refractivity contribution in [1.82, 2.24) is 9.78 Å². The van der Waals surface area contributed by atoms with Gasteiger partial charge in [-0.3, -0.25) is 4.68 Å². The highest BCUT2D eigenvalue weighted by Gasteiger charge is 2.11. The van der Waals surface area contributed by atoms with Crippen molar-refractivity contribution < 1.29 is 8.78 Å². The van der Waals surface area contributed by atoms with Crippen LogP contribution in [0.1, 0.15) is 18.2 Å². The maximum Gasteiger partial charge on any atom is 0.152 e. The van der Waals surface area contributed by atoms with Gasteiger partial charge in [-0.15, -0.1) is 0 Å². The van der Waals surface area contributed by atoms with Gasteiger partial charge in [-0.05, 0) is 31.5 Å². The summed E-state index contributed by atoms with van der Waals surface area (Å²) < 4.78 is 29.0. The fourth-order valence-electron chi connectivity index (χ4n) is 1.79. The van der Waals surface area contributed by atoms with Crippen molar-refractivity contribution in [3.05, 3.63) is 47.3 Å². The fraction of sp³-hybridized carbons (Fsp3) is 0.308. The second-order valence-electron chi connectivity index (χ2n) is 4.05. The zero-order valence-corrected chi connectivity index (χ0v) is 10.4.